The van der Waals surface area contributed by atoms with Gasteiger partial charge >= 0.3 is 0 Å². The molecule has 0 spiro atoms. The Bertz CT molecular complexity index is 1780. The lowest BCUT2D eigenvalue weighted by molar-refractivity contribution is -0.870. The Balaban J connectivity index is 4.35. The molecular formula is C69H117N2O6P. The van der Waals surface area contributed by atoms with Gasteiger partial charge in [0, 0.05) is 6.42 Å². The second kappa shape index (κ2) is 58.0. The van der Waals surface area contributed by atoms with Crippen molar-refractivity contribution in [3.63, 3.8) is 0 Å². The van der Waals surface area contributed by atoms with E-state index < -0.39 is 26.6 Å². The Morgan fingerprint density at radius 3 is 1.19 bits per heavy atom. The minimum Gasteiger partial charge on any atom is -0.756 e. The van der Waals surface area contributed by atoms with Gasteiger partial charge in [0.15, 0.2) is 0 Å². The van der Waals surface area contributed by atoms with Gasteiger partial charge in [-0.05, 0) is 109 Å². The van der Waals surface area contributed by atoms with Crippen LogP contribution in [0.3, 0.4) is 0 Å². The van der Waals surface area contributed by atoms with Crippen LogP contribution < -0.4 is 10.2 Å². The van der Waals surface area contributed by atoms with E-state index in [2.05, 4.69) is 153 Å². The summed E-state index contributed by atoms with van der Waals surface area (Å²) in [7, 11) is 1.19. The van der Waals surface area contributed by atoms with E-state index in [0.717, 1.165) is 96.3 Å². The van der Waals surface area contributed by atoms with E-state index in [1.807, 2.05) is 27.2 Å². The molecule has 9 heteroatoms. The predicted octanol–water partition coefficient (Wildman–Crippen LogP) is 19.0. The number of likely N-dealkylation sites (N-methyl/N-ethyl adjacent to an activating group) is 1. The average molecular weight is 1100 g/mol. The number of carbonyl (C=O) groups is 1. The predicted molar refractivity (Wildman–Crippen MR) is 338 cm³/mol. The van der Waals surface area contributed by atoms with Gasteiger partial charge in [-0.25, -0.2) is 0 Å². The molecule has 0 aromatic carbocycles. The summed E-state index contributed by atoms with van der Waals surface area (Å²) in [5.74, 6) is -0.254. The van der Waals surface area contributed by atoms with Crippen molar-refractivity contribution in [3.8, 4) is 0 Å². The summed E-state index contributed by atoms with van der Waals surface area (Å²) in [5.41, 5.74) is 0. The first kappa shape index (κ1) is 74.4. The monoisotopic (exact) mass is 1100 g/mol. The van der Waals surface area contributed by atoms with Crippen molar-refractivity contribution in [1.29, 1.82) is 0 Å². The number of phosphoric acid groups is 1. The lowest BCUT2D eigenvalue weighted by Crippen LogP contribution is -2.45. The van der Waals surface area contributed by atoms with E-state index in [0.29, 0.717) is 17.4 Å². The van der Waals surface area contributed by atoms with Gasteiger partial charge in [-0.15, -0.1) is 0 Å². The van der Waals surface area contributed by atoms with E-state index in [9.17, 15) is 19.4 Å². The molecule has 444 valence electrons. The molecule has 0 saturated heterocycles. The molecule has 0 radical (unpaired) electrons. The SMILES string of the molecule is CC/C=C\C/C=C\C/C=C\C/C=C\C/C=C\C/C=C\C/C=C\C/C=C\C/C=C\C/C=C\CCCCC(=O)NC(COP(=O)([O-])OCC[N+](C)(C)C)C(O)/C=C/CC/C=C/CCCCCCCCCCCCCCCCCCC. The Morgan fingerprint density at radius 2 is 0.795 bits per heavy atom. The number of nitrogens with one attached hydrogen (secondary N) is 1. The third-order valence-electron chi connectivity index (χ3n) is 13.0. The van der Waals surface area contributed by atoms with E-state index in [1.165, 1.54) is 109 Å². The van der Waals surface area contributed by atoms with Gasteiger partial charge in [0.2, 0.25) is 5.91 Å². The number of aliphatic hydroxyl groups is 1. The van der Waals surface area contributed by atoms with Crippen LogP contribution >= 0.6 is 7.82 Å². The minimum absolute atomic E-state index is 0.0232. The Hall–Kier alpha value is -3.62. The molecule has 0 aliphatic heterocycles. The van der Waals surface area contributed by atoms with Crippen LogP contribution in [0.2, 0.25) is 0 Å². The van der Waals surface area contributed by atoms with Gasteiger partial charge in [-0.3, -0.25) is 9.36 Å². The van der Waals surface area contributed by atoms with Crippen molar-refractivity contribution < 1.29 is 32.9 Å². The van der Waals surface area contributed by atoms with Crippen molar-refractivity contribution in [2.24, 2.45) is 0 Å². The van der Waals surface area contributed by atoms with Crippen molar-refractivity contribution in [3.05, 3.63) is 146 Å². The number of quaternary nitrogens is 1. The zero-order chi connectivity index (χ0) is 57.0. The summed E-state index contributed by atoms with van der Waals surface area (Å²) in [5, 5.41) is 13.9. The molecule has 1 amide bonds. The second-order valence-corrected chi connectivity index (χ2v) is 23.1. The maximum Gasteiger partial charge on any atom is 0.268 e. The highest BCUT2D eigenvalue weighted by Gasteiger charge is 2.23. The molecule has 0 bridgehead atoms. The standard InChI is InChI=1S/C69H117N2O6P/c1-6-8-10-12-14-16-18-20-22-24-26-28-30-31-32-33-34-35-36-37-38-39-41-43-45-47-49-51-53-55-57-59-61-63-69(73)70-67(66-77-78(74,75)76-65-64-71(3,4)5)68(72)62-60-58-56-54-52-50-48-46-44-42-40-29-27-25-23-21-19-17-15-13-11-9-7-2/h8,10,14,16,20,22,26,28,31-32,34-35,37-38,41,43,47,49,52-55,60,62,67-68,72H,6-7,9,11-13,15,17-19,21,23-25,27,29-30,33,36,39-40,42,44-46,48,50-51,56-59,61,63-66H2,1-5H3,(H-,70,73,74,75)/b10-8-,16-14-,22-20-,28-26-,32-31-,35-34-,38-37-,43-41-,49-47-,54-52+,55-53-,62-60+. The largest absolute Gasteiger partial charge is 0.756 e. The summed E-state index contributed by atoms with van der Waals surface area (Å²) < 4.78 is 23.3. The van der Waals surface area contributed by atoms with Crippen molar-refractivity contribution in [2.45, 2.75) is 244 Å². The highest BCUT2D eigenvalue weighted by Crippen LogP contribution is 2.38. The van der Waals surface area contributed by atoms with Crippen LogP contribution in [0.5, 0.6) is 0 Å². The van der Waals surface area contributed by atoms with E-state index in [-0.39, 0.29) is 18.9 Å². The Kier molecular flexibility index (Phi) is 55.4. The third kappa shape index (κ3) is 60.0. The number of aliphatic hydroxyl groups excluding tert-OH is 1. The van der Waals surface area contributed by atoms with Crippen molar-refractivity contribution in [1.82, 2.24) is 5.32 Å². The molecule has 2 N–H and O–H groups in total. The van der Waals surface area contributed by atoms with E-state index in [4.69, 9.17) is 9.05 Å². The fourth-order valence-electron chi connectivity index (χ4n) is 8.20. The summed E-state index contributed by atoms with van der Waals surface area (Å²) in [4.78, 5) is 25.5. The first-order valence-corrected chi connectivity index (χ1v) is 32.7. The summed E-state index contributed by atoms with van der Waals surface area (Å²) in [6.07, 6.45) is 89.4. The minimum atomic E-state index is -4.63. The number of phosphoric ester groups is 1. The number of carbonyl (C=O) groups excluding carboxylic acids is 1. The van der Waals surface area contributed by atoms with Crippen LogP contribution in [0.4, 0.5) is 0 Å². The van der Waals surface area contributed by atoms with Gasteiger partial charge in [-0.2, -0.15) is 0 Å². The van der Waals surface area contributed by atoms with Crippen molar-refractivity contribution in [2.75, 3.05) is 40.9 Å². The van der Waals surface area contributed by atoms with Crippen LogP contribution in [0.1, 0.15) is 232 Å². The number of rotatable bonds is 55. The zero-order valence-electron chi connectivity index (χ0n) is 50.6. The number of nitrogens with zero attached hydrogens (tertiary/aromatic N) is 1. The molecule has 0 saturated carbocycles. The maximum atomic E-state index is 13.0. The van der Waals surface area contributed by atoms with Crippen LogP contribution in [0, 0.1) is 0 Å². The Labute approximate surface area is 480 Å². The number of unbranched alkanes of at least 4 members (excludes halogenated alkanes) is 20. The average Bonchev–Trinajstić information content (AvgIpc) is 3.41. The molecule has 3 unspecified atom stereocenters. The number of hydrogen-bond donors (Lipinski definition) is 2. The van der Waals surface area contributed by atoms with E-state index >= 15 is 0 Å². The quantitative estimate of drug-likeness (QED) is 0.0272. The first-order valence-electron chi connectivity index (χ1n) is 31.2. The summed E-state index contributed by atoms with van der Waals surface area (Å²) >= 11 is 0. The molecule has 0 aromatic rings. The summed E-state index contributed by atoms with van der Waals surface area (Å²) in [6.45, 7) is 4.48. The topological polar surface area (TPSA) is 108 Å². The molecule has 0 aromatic heterocycles. The maximum absolute atomic E-state index is 13.0. The van der Waals surface area contributed by atoms with Gasteiger partial charge in [0.25, 0.3) is 7.82 Å². The normalized spacial score (nSPS) is 14.8. The van der Waals surface area contributed by atoms with Gasteiger partial charge in [0.05, 0.1) is 39.9 Å². The molecule has 0 aliphatic rings. The Morgan fingerprint density at radius 1 is 0.462 bits per heavy atom. The molecule has 0 heterocycles. The van der Waals surface area contributed by atoms with Crippen LogP contribution in [0.15, 0.2) is 146 Å². The first-order chi connectivity index (χ1) is 38.0. The van der Waals surface area contributed by atoms with Gasteiger partial charge in [-0.1, -0.05) is 262 Å². The van der Waals surface area contributed by atoms with Crippen LogP contribution in [0.25, 0.3) is 0 Å². The van der Waals surface area contributed by atoms with Crippen LogP contribution in [-0.4, -0.2) is 68.5 Å². The molecular weight excluding hydrogens is 984 g/mol. The fraction of sp³-hybridized carbons (Fsp3) is 0.638. The smallest absolute Gasteiger partial charge is 0.268 e. The van der Waals surface area contributed by atoms with Crippen LogP contribution in [-0.2, 0) is 18.4 Å². The number of amides is 1. The summed E-state index contributed by atoms with van der Waals surface area (Å²) in [6, 6.07) is -0.940. The number of allylic oxidation sites excluding steroid dienone is 23. The molecule has 0 rings (SSSR count). The molecule has 78 heavy (non-hydrogen) atoms. The molecule has 0 aliphatic carbocycles. The highest BCUT2D eigenvalue weighted by atomic mass is 31.2. The second-order valence-electron chi connectivity index (χ2n) is 21.7. The van der Waals surface area contributed by atoms with E-state index in [1.54, 1.807) is 6.08 Å². The fourth-order valence-corrected chi connectivity index (χ4v) is 8.92. The van der Waals surface area contributed by atoms with Crippen molar-refractivity contribution >= 4 is 13.7 Å². The molecule has 3 atom stereocenters. The lowest BCUT2D eigenvalue weighted by atomic mass is 10.0. The number of hydrogen-bond acceptors (Lipinski definition) is 6. The highest BCUT2D eigenvalue weighted by molar-refractivity contribution is 7.45. The van der Waals surface area contributed by atoms with Gasteiger partial charge in [0.1, 0.15) is 13.2 Å². The molecule has 8 nitrogen and oxygen atoms in total. The lowest BCUT2D eigenvalue weighted by Gasteiger charge is -2.29. The zero-order valence-corrected chi connectivity index (χ0v) is 51.5. The molecule has 0 fully saturated rings. The van der Waals surface area contributed by atoms with Gasteiger partial charge < -0.3 is 28.8 Å². The third-order valence-corrected chi connectivity index (χ3v) is 14.0.